The Morgan fingerprint density at radius 2 is 1.66 bits per heavy atom. The quantitative estimate of drug-likeness (QED) is 0.419. The average molecular weight is 590 g/mol. The van der Waals surface area contributed by atoms with Crippen LogP contribution in [0.15, 0.2) is 72.8 Å². The first kappa shape index (κ1) is 30.5. The molecule has 0 saturated heterocycles. The predicted octanol–water partition coefficient (Wildman–Crippen LogP) is 4.97. The summed E-state index contributed by atoms with van der Waals surface area (Å²) in [7, 11) is -2.55. The van der Waals surface area contributed by atoms with Crippen molar-refractivity contribution in [3.8, 4) is 0 Å². The van der Waals surface area contributed by atoms with Crippen molar-refractivity contribution in [2.75, 3.05) is 17.6 Å². The largest absolute Gasteiger partial charge is 0.459 e. The Morgan fingerprint density at radius 1 is 0.976 bits per heavy atom. The minimum Gasteiger partial charge on any atom is -0.459 e. The summed E-state index contributed by atoms with van der Waals surface area (Å²) in [5.74, 6) is -0.729. The highest BCUT2D eigenvalue weighted by Gasteiger charge is 2.42. The van der Waals surface area contributed by atoms with Crippen LogP contribution in [0.2, 0.25) is 0 Å². The van der Waals surface area contributed by atoms with Crippen LogP contribution in [0.1, 0.15) is 53.2 Å². The lowest BCUT2D eigenvalue weighted by atomic mass is 9.91. The molecule has 4 rings (SSSR count). The van der Waals surface area contributed by atoms with Gasteiger partial charge in [0.25, 0.3) is 0 Å². The third-order valence-corrected chi connectivity index (χ3v) is 8.42. The Morgan fingerprint density at radius 3 is 2.32 bits per heavy atom. The number of carbonyl (C=O) groups excluding carboxylic acids is 1. The number of cyclic esters (lactones) is 1. The molecule has 1 heterocycles. The van der Waals surface area contributed by atoms with Gasteiger partial charge in [0.1, 0.15) is 18.2 Å². The Labute approximate surface area is 238 Å². The van der Waals surface area contributed by atoms with E-state index in [1.165, 1.54) is 25.2 Å². The van der Waals surface area contributed by atoms with Crippen molar-refractivity contribution in [3.05, 3.63) is 101 Å². The van der Waals surface area contributed by atoms with Crippen LogP contribution in [0, 0.1) is 0 Å². The number of nitrogens with two attached hydrogens (primary N) is 1. The topological polar surface area (TPSA) is 102 Å². The Kier molecular flexibility index (Phi) is 8.81. The monoisotopic (exact) mass is 589 g/mol. The van der Waals surface area contributed by atoms with Crippen molar-refractivity contribution in [1.29, 1.82) is 0 Å². The van der Waals surface area contributed by atoms with Gasteiger partial charge in [0.2, 0.25) is 10.0 Å². The van der Waals surface area contributed by atoms with Crippen molar-refractivity contribution in [2.24, 2.45) is 5.73 Å². The van der Waals surface area contributed by atoms with Crippen LogP contribution in [0.4, 0.5) is 18.9 Å². The van der Waals surface area contributed by atoms with E-state index in [-0.39, 0.29) is 23.2 Å². The standard InChI is InChI=1S/C30H34F3N3O4S/c1-29(34)18-21-9-7-8-20(14-21)12-13-26(23-10-5-4-6-11-23)35-27(30(31,32)33)24-15-22(19-40-28(29)37)16-25(17-24)36(2)41(3,38)39/h4-11,14-17,26-27,35H,12-13,18-19,34H2,1-3H3/t26-,27?,29-/m1/s1. The van der Waals surface area contributed by atoms with Gasteiger partial charge in [-0.3, -0.25) is 14.4 Å². The molecule has 3 aromatic carbocycles. The normalized spacial score (nSPS) is 22.6. The molecule has 7 nitrogen and oxygen atoms in total. The summed E-state index contributed by atoms with van der Waals surface area (Å²) < 4.78 is 75.2. The first-order chi connectivity index (χ1) is 19.1. The highest BCUT2D eigenvalue weighted by Crippen LogP contribution is 2.38. The molecular weight excluding hydrogens is 555 g/mol. The molecule has 0 spiro atoms. The van der Waals surface area contributed by atoms with E-state index in [0.717, 1.165) is 21.7 Å². The van der Waals surface area contributed by atoms with Crippen LogP contribution < -0.4 is 15.4 Å². The number of alkyl halides is 3. The van der Waals surface area contributed by atoms with Gasteiger partial charge < -0.3 is 10.5 Å². The van der Waals surface area contributed by atoms with Crippen LogP contribution >= 0.6 is 0 Å². The maximum atomic E-state index is 14.7. The van der Waals surface area contributed by atoms with Gasteiger partial charge in [-0.2, -0.15) is 13.2 Å². The van der Waals surface area contributed by atoms with E-state index in [1.54, 1.807) is 37.3 Å². The van der Waals surface area contributed by atoms with Gasteiger partial charge in [0.15, 0.2) is 0 Å². The van der Waals surface area contributed by atoms with Crippen molar-refractivity contribution in [1.82, 2.24) is 5.32 Å². The number of ether oxygens (including phenoxy) is 1. The number of carbonyl (C=O) groups is 1. The molecule has 0 aromatic heterocycles. The van der Waals surface area contributed by atoms with Gasteiger partial charge in [-0.05, 0) is 59.7 Å². The number of aryl methyl sites for hydroxylation is 1. The lowest BCUT2D eigenvalue weighted by Gasteiger charge is -2.30. The summed E-state index contributed by atoms with van der Waals surface area (Å²) in [5.41, 5.74) is 7.31. The van der Waals surface area contributed by atoms with Crippen molar-refractivity contribution in [3.63, 3.8) is 0 Å². The second kappa shape index (κ2) is 11.8. The number of nitrogens with zero attached hydrogens (tertiary/aromatic N) is 1. The van der Waals surface area contributed by atoms with E-state index in [9.17, 15) is 26.4 Å². The SMILES string of the molecule is CN(c1cc2cc(c1)C(C(F)(F)F)N[C@@H](c1ccccc1)CCc1cccc(c1)C[C@@](C)(N)C(=O)OC2)S(C)(=O)=O. The maximum Gasteiger partial charge on any atom is 0.407 e. The minimum absolute atomic E-state index is 0.00923. The molecule has 0 radical (unpaired) electrons. The number of hydrogen-bond donors (Lipinski definition) is 2. The third-order valence-electron chi connectivity index (χ3n) is 7.21. The van der Waals surface area contributed by atoms with E-state index >= 15 is 0 Å². The second-order valence-electron chi connectivity index (χ2n) is 10.8. The third kappa shape index (κ3) is 7.66. The number of benzene rings is 3. The van der Waals surface area contributed by atoms with Crippen molar-refractivity contribution < 1.29 is 31.1 Å². The first-order valence-corrected chi connectivity index (χ1v) is 15.0. The van der Waals surface area contributed by atoms with Crippen LogP contribution in [-0.4, -0.2) is 39.4 Å². The average Bonchev–Trinajstić information content (AvgIpc) is 2.90. The molecule has 3 atom stereocenters. The summed E-state index contributed by atoms with van der Waals surface area (Å²) in [5, 5.41) is 2.81. The minimum atomic E-state index is -4.73. The van der Waals surface area contributed by atoms with Gasteiger partial charge in [0.05, 0.1) is 11.9 Å². The highest BCUT2D eigenvalue weighted by molar-refractivity contribution is 7.92. The molecule has 0 saturated carbocycles. The smallest absolute Gasteiger partial charge is 0.407 e. The fourth-order valence-corrected chi connectivity index (χ4v) is 5.44. The van der Waals surface area contributed by atoms with Crippen LogP contribution in [0.5, 0.6) is 0 Å². The Balaban J connectivity index is 1.87. The number of anilines is 1. The van der Waals surface area contributed by atoms with Crippen LogP contribution in [0.3, 0.4) is 0 Å². The number of hydrogen-bond acceptors (Lipinski definition) is 6. The zero-order chi connectivity index (χ0) is 30.0. The van der Waals surface area contributed by atoms with Gasteiger partial charge in [0, 0.05) is 19.5 Å². The number of halogens is 3. The van der Waals surface area contributed by atoms with E-state index in [2.05, 4.69) is 5.32 Å². The number of nitrogens with one attached hydrogen (secondary N) is 1. The molecule has 0 amide bonds. The lowest BCUT2D eigenvalue weighted by Crippen LogP contribution is -2.48. The van der Waals surface area contributed by atoms with E-state index in [4.69, 9.17) is 10.5 Å². The predicted molar refractivity (Wildman–Crippen MR) is 152 cm³/mol. The van der Waals surface area contributed by atoms with Crippen molar-refractivity contribution in [2.45, 2.75) is 56.6 Å². The van der Waals surface area contributed by atoms with Gasteiger partial charge in [-0.25, -0.2) is 8.42 Å². The fraction of sp³-hybridized carbons (Fsp3) is 0.367. The summed E-state index contributed by atoms with van der Waals surface area (Å²) in [6.07, 6.45) is -2.78. The highest BCUT2D eigenvalue weighted by atomic mass is 32.2. The van der Waals surface area contributed by atoms with Gasteiger partial charge in [-0.1, -0.05) is 60.7 Å². The summed E-state index contributed by atoms with van der Waals surface area (Å²) in [4.78, 5) is 13.0. The first-order valence-electron chi connectivity index (χ1n) is 13.1. The summed E-state index contributed by atoms with van der Waals surface area (Å²) >= 11 is 0. The lowest BCUT2D eigenvalue weighted by molar-refractivity contribution is -0.160. The number of esters is 1. The molecule has 4 bridgehead atoms. The van der Waals surface area contributed by atoms with E-state index < -0.39 is 46.4 Å². The molecule has 41 heavy (non-hydrogen) atoms. The molecule has 220 valence electrons. The number of sulfonamides is 1. The van der Waals surface area contributed by atoms with Crippen LogP contribution in [-0.2, 0) is 39.0 Å². The maximum absolute atomic E-state index is 14.7. The van der Waals surface area contributed by atoms with Crippen LogP contribution in [0.25, 0.3) is 0 Å². The van der Waals surface area contributed by atoms with E-state index in [0.29, 0.717) is 18.4 Å². The number of rotatable bonds is 3. The zero-order valence-corrected chi connectivity index (χ0v) is 23.9. The summed E-state index contributed by atoms with van der Waals surface area (Å²) in [6.45, 7) is 1.15. The zero-order valence-electron chi connectivity index (χ0n) is 23.1. The van der Waals surface area contributed by atoms with Crippen molar-refractivity contribution >= 4 is 21.7 Å². The van der Waals surface area contributed by atoms with Gasteiger partial charge >= 0.3 is 12.1 Å². The number of fused-ring (bicyclic) bond motifs is 4. The molecule has 3 N–H and O–H groups in total. The van der Waals surface area contributed by atoms with E-state index in [1.807, 2.05) is 24.3 Å². The second-order valence-corrected chi connectivity index (χ2v) is 12.8. The Bertz CT molecular complexity index is 1490. The molecule has 11 heteroatoms. The summed E-state index contributed by atoms with van der Waals surface area (Å²) in [6, 6.07) is 17.4. The molecule has 0 fully saturated rings. The molecule has 1 aliphatic rings. The Hall–Kier alpha value is -3.41. The molecule has 1 unspecified atom stereocenters. The van der Waals surface area contributed by atoms with Gasteiger partial charge in [-0.15, -0.1) is 0 Å². The molecule has 1 aliphatic heterocycles. The fourth-order valence-electron chi connectivity index (χ4n) is 4.95. The molecular formula is C30H34F3N3O4S. The molecule has 0 aliphatic carbocycles. The molecule has 3 aromatic rings.